The van der Waals surface area contributed by atoms with E-state index in [0.717, 1.165) is 16.8 Å². The maximum atomic E-state index is 12.1. The van der Waals surface area contributed by atoms with Crippen LogP contribution in [0.3, 0.4) is 0 Å². The SMILES string of the molecule is Cc1cccc(C=CC(=O)Nc2ccc(N3CCNC(=O)C3)c(Cl)c2)c1. The standard InChI is InChI=1S/C20H20ClN3O2/c1-14-3-2-4-15(11-14)5-8-19(25)23-16-6-7-18(17(21)12-16)24-10-9-22-20(26)13-24/h2-8,11-12H,9-10,13H2,1H3,(H,22,26)(H,23,25). The molecule has 2 aromatic carbocycles. The Morgan fingerprint density at radius 3 is 2.85 bits per heavy atom. The smallest absolute Gasteiger partial charge is 0.248 e. The monoisotopic (exact) mass is 369 g/mol. The van der Waals surface area contributed by atoms with Gasteiger partial charge in [-0.25, -0.2) is 0 Å². The molecule has 1 aliphatic heterocycles. The van der Waals surface area contributed by atoms with Gasteiger partial charge in [0.05, 0.1) is 17.3 Å². The van der Waals surface area contributed by atoms with Crippen molar-refractivity contribution in [2.45, 2.75) is 6.92 Å². The quantitative estimate of drug-likeness (QED) is 0.813. The van der Waals surface area contributed by atoms with Crippen molar-refractivity contribution < 1.29 is 9.59 Å². The number of carbonyl (C=O) groups excluding carboxylic acids is 2. The molecule has 2 aromatic rings. The average molecular weight is 370 g/mol. The van der Waals surface area contributed by atoms with Crippen LogP contribution in [0.2, 0.25) is 5.02 Å². The van der Waals surface area contributed by atoms with Crippen LogP contribution in [-0.4, -0.2) is 31.4 Å². The number of nitrogens with one attached hydrogen (secondary N) is 2. The van der Waals surface area contributed by atoms with Gasteiger partial charge in [-0.2, -0.15) is 0 Å². The lowest BCUT2D eigenvalue weighted by molar-refractivity contribution is -0.120. The number of hydrogen-bond donors (Lipinski definition) is 2. The van der Waals surface area contributed by atoms with Gasteiger partial charge in [-0.3, -0.25) is 9.59 Å². The number of aryl methyl sites for hydroxylation is 1. The van der Waals surface area contributed by atoms with Gasteiger partial charge in [0, 0.05) is 24.9 Å². The fourth-order valence-electron chi connectivity index (χ4n) is 2.81. The molecule has 0 bridgehead atoms. The molecule has 0 unspecified atom stereocenters. The molecule has 0 saturated carbocycles. The summed E-state index contributed by atoms with van der Waals surface area (Å²) in [5.74, 6) is -0.251. The molecule has 0 radical (unpaired) electrons. The highest BCUT2D eigenvalue weighted by Gasteiger charge is 2.18. The van der Waals surface area contributed by atoms with Crippen molar-refractivity contribution >= 4 is 40.9 Å². The van der Waals surface area contributed by atoms with Crippen molar-refractivity contribution in [1.29, 1.82) is 0 Å². The van der Waals surface area contributed by atoms with E-state index in [-0.39, 0.29) is 18.4 Å². The van der Waals surface area contributed by atoms with Crippen LogP contribution in [-0.2, 0) is 9.59 Å². The first-order valence-electron chi connectivity index (χ1n) is 8.38. The Morgan fingerprint density at radius 1 is 1.27 bits per heavy atom. The maximum absolute atomic E-state index is 12.1. The molecule has 134 valence electrons. The number of benzene rings is 2. The van der Waals surface area contributed by atoms with Crippen LogP contribution in [0.4, 0.5) is 11.4 Å². The van der Waals surface area contributed by atoms with Crippen LogP contribution in [0.5, 0.6) is 0 Å². The molecule has 0 aromatic heterocycles. The van der Waals surface area contributed by atoms with Crippen molar-refractivity contribution in [2.24, 2.45) is 0 Å². The molecule has 0 aliphatic carbocycles. The highest BCUT2D eigenvalue weighted by Crippen LogP contribution is 2.29. The van der Waals surface area contributed by atoms with Crippen molar-refractivity contribution in [1.82, 2.24) is 5.32 Å². The van der Waals surface area contributed by atoms with Gasteiger partial charge in [-0.1, -0.05) is 41.4 Å². The Balaban J connectivity index is 1.65. The summed E-state index contributed by atoms with van der Waals surface area (Å²) in [5.41, 5.74) is 3.51. The second-order valence-corrected chi connectivity index (χ2v) is 6.58. The number of nitrogens with zero attached hydrogens (tertiary/aromatic N) is 1. The molecule has 1 aliphatic rings. The molecule has 2 amide bonds. The predicted octanol–water partition coefficient (Wildman–Crippen LogP) is 3.24. The minimum atomic E-state index is -0.229. The summed E-state index contributed by atoms with van der Waals surface area (Å²) >= 11 is 6.34. The number of amides is 2. The van der Waals surface area contributed by atoms with E-state index in [1.54, 1.807) is 18.2 Å². The topological polar surface area (TPSA) is 61.4 Å². The number of anilines is 2. The van der Waals surface area contributed by atoms with Gasteiger partial charge in [0.1, 0.15) is 0 Å². The molecule has 6 heteroatoms. The van der Waals surface area contributed by atoms with Gasteiger partial charge in [0.25, 0.3) is 0 Å². The number of hydrogen-bond acceptors (Lipinski definition) is 3. The van der Waals surface area contributed by atoms with Crippen LogP contribution in [0, 0.1) is 6.92 Å². The second kappa shape index (κ2) is 8.06. The van der Waals surface area contributed by atoms with Gasteiger partial charge in [0.2, 0.25) is 11.8 Å². The second-order valence-electron chi connectivity index (χ2n) is 6.17. The van der Waals surface area contributed by atoms with Gasteiger partial charge in [-0.05, 0) is 36.8 Å². The molecule has 1 saturated heterocycles. The summed E-state index contributed by atoms with van der Waals surface area (Å²) in [6, 6.07) is 13.2. The number of halogens is 1. The van der Waals surface area contributed by atoms with E-state index in [2.05, 4.69) is 10.6 Å². The fraction of sp³-hybridized carbons (Fsp3) is 0.200. The van der Waals surface area contributed by atoms with Crippen LogP contribution in [0.1, 0.15) is 11.1 Å². The average Bonchev–Trinajstić information content (AvgIpc) is 2.60. The van der Waals surface area contributed by atoms with Crippen LogP contribution >= 0.6 is 11.6 Å². The van der Waals surface area contributed by atoms with E-state index in [1.165, 1.54) is 6.08 Å². The molecule has 26 heavy (non-hydrogen) atoms. The normalized spacial score (nSPS) is 14.4. The molecule has 1 fully saturated rings. The highest BCUT2D eigenvalue weighted by molar-refractivity contribution is 6.33. The van der Waals surface area contributed by atoms with Crippen LogP contribution < -0.4 is 15.5 Å². The summed E-state index contributed by atoms with van der Waals surface area (Å²) in [5, 5.41) is 6.08. The molecular weight excluding hydrogens is 350 g/mol. The number of piperazine rings is 1. The zero-order valence-corrected chi connectivity index (χ0v) is 15.2. The van der Waals surface area contributed by atoms with Crippen molar-refractivity contribution in [3.8, 4) is 0 Å². The highest BCUT2D eigenvalue weighted by atomic mass is 35.5. The Morgan fingerprint density at radius 2 is 2.12 bits per heavy atom. The van der Waals surface area contributed by atoms with E-state index in [0.29, 0.717) is 23.8 Å². The third-order valence-corrected chi connectivity index (χ3v) is 4.37. The first-order chi connectivity index (χ1) is 12.5. The summed E-state index contributed by atoms with van der Waals surface area (Å²) in [6.45, 7) is 3.59. The van der Waals surface area contributed by atoms with Crippen molar-refractivity contribution in [3.63, 3.8) is 0 Å². The Kier molecular flexibility index (Phi) is 5.58. The lowest BCUT2D eigenvalue weighted by Gasteiger charge is -2.29. The third-order valence-electron chi connectivity index (χ3n) is 4.06. The molecule has 2 N–H and O–H groups in total. The largest absolute Gasteiger partial charge is 0.359 e. The van der Waals surface area contributed by atoms with Gasteiger partial charge in [0.15, 0.2) is 0 Å². The molecular formula is C20H20ClN3O2. The van der Waals surface area contributed by atoms with E-state index >= 15 is 0 Å². The minimum absolute atomic E-state index is 0.0222. The molecule has 0 spiro atoms. The lowest BCUT2D eigenvalue weighted by atomic mass is 10.1. The van der Waals surface area contributed by atoms with Crippen molar-refractivity contribution in [2.75, 3.05) is 29.9 Å². The van der Waals surface area contributed by atoms with E-state index in [1.807, 2.05) is 42.2 Å². The van der Waals surface area contributed by atoms with Gasteiger partial charge < -0.3 is 15.5 Å². The third kappa shape index (κ3) is 4.64. The number of rotatable bonds is 4. The summed E-state index contributed by atoms with van der Waals surface area (Å²) in [4.78, 5) is 25.5. The maximum Gasteiger partial charge on any atom is 0.248 e. The van der Waals surface area contributed by atoms with Crippen molar-refractivity contribution in [3.05, 3.63) is 64.7 Å². The summed E-state index contributed by atoms with van der Waals surface area (Å²) in [7, 11) is 0. The molecule has 3 rings (SSSR count). The van der Waals surface area contributed by atoms with E-state index < -0.39 is 0 Å². The first-order valence-corrected chi connectivity index (χ1v) is 8.76. The zero-order valence-electron chi connectivity index (χ0n) is 14.5. The lowest BCUT2D eigenvalue weighted by Crippen LogP contribution is -2.47. The molecule has 0 atom stereocenters. The van der Waals surface area contributed by atoms with E-state index in [4.69, 9.17) is 11.6 Å². The van der Waals surface area contributed by atoms with E-state index in [9.17, 15) is 9.59 Å². The summed E-state index contributed by atoms with van der Waals surface area (Å²) in [6.07, 6.45) is 3.26. The fourth-order valence-corrected chi connectivity index (χ4v) is 3.12. The first kappa shape index (κ1) is 18.0. The predicted molar refractivity (Wildman–Crippen MR) is 106 cm³/mol. The number of carbonyl (C=O) groups is 2. The Bertz CT molecular complexity index is 864. The Hall–Kier alpha value is -2.79. The van der Waals surface area contributed by atoms with Crippen LogP contribution in [0.25, 0.3) is 6.08 Å². The summed E-state index contributed by atoms with van der Waals surface area (Å²) < 4.78 is 0. The molecule has 5 nitrogen and oxygen atoms in total. The van der Waals surface area contributed by atoms with Gasteiger partial charge in [-0.15, -0.1) is 0 Å². The molecule has 1 heterocycles. The Labute approximate surface area is 157 Å². The van der Waals surface area contributed by atoms with Crippen LogP contribution in [0.15, 0.2) is 48.5 Å². The zero-order chi connectivity index (χ0) is 18.5. The minimum Gasteiger partial charge on any atom is -0.359 e. The van der Waals surface area contributed by atoms with Gasteiger partial charge >= 0.3 is 0 Å².